The molecule has 0 saturated heterocycles. The van der Waals surface area contributed by atoms with Gasteiger partial charge in [0.1, 0.15) is 5.01 Å². The summed E-state index contributed by atoms with van der Waals surface area (Å²) in [4.78, 5) is 4.11. The first-order valence-corrected chi connectivity index (χ1v) is 6.07. The monoisotopic (exact) mass is 333 g/mol. The summed E-state index contributed by atoms with van der Waals surface area (Å²) in [7, 11) is 0. The molecule has 0 fully saturated rings. The summed E-state index contributed by atoms with van der Waals surface area (Å²) in [5.74, 6) is 0.320. The van der Waals surface area contributed by atoms with Crippen LogP contribution in [0.1, 0.15) is 0 Å². The second-order valence-corrected chi connectivity index (χ2v) is 5.20. The Morgan fingerprint density at radius 1 is 1.14 bits per heavy atom. The predicted molar refractivity (Wildman–Crippen MR) is 65.2 cm³/mol. The lowest BCUT2D eigenvalue weighted by Crippen LogP contribution is -1.85. The first-order chi connectivity index (χ1) is 6.65. The van der Waals surface area contributed by atoms with Gasteiger partial charge in [0.15, 0.2) is 0 Å². The highest BCUT2D eigenvalue weighted by Gasteiger charge is 2.05. The largest absolute Gasteiger partial charge is 0.367 e. The van der Waals surface area contributed by atoms with Gasteiger partial charge in [-0.3, -0.25) is 0 Å². The van der Waals surface area contributed by atoms with E-state index in [-0.39, 0.29) is 0 Å². The number of nitrogen functional groups attached to an aromatic ring is 1. The van der Waals surface area contributed by atoms with Gasteiger partial charge in [-0.1, -0.05) is 31.9 Å². The van der Waals surface area contributed by atoms with Gasteiger partial charge >= 0.3 is 0 Å². The van der Waals surface area contributed by atoms with Crippen molar-refractivity contribution >= 4 is 49.3 Å². The highest BCUT2D eigenvalue weighted by molar-refractivity contribution is 9.11. The van der Waals surface area contributed by atoms with Crippen molar-refractivity contribution in [3.05, 3.63) is 27.1 Å². The highest BCUT2D eigenvalue weighted by Crippen LogP contribution is 2.28. The Kier molecular flexibility index (Phi) is 2.85. The zero-order valence-electron chi connectivity index (χ0n) is 6.87. The summed E-state index contributed by atoms with van der Waals surface area (Å²) in [5, 5.41) is 0.824. The van der Waals surface area contributed by atoms with Crippen molar-refractivity contribution < 1.29 is 0 Å². The summed E-state index contributed by atoms with van der Waals surface area (Å²) < 4.78 is 5.92. The quantitative estimate of drug-likeness (QED) is 0.870. The number of rotatable bonds is 1. The van der Waals surface area contributed by atoms with Crippen LogP contribution in [0.2, 0.25) is 0 Å². The summed E-state index contributed by atoms with van der Waals surface area (Å²) in [6, 6.07) is 5.92. The third-order valence-electron chi connectivity index (χ3n) is 1.55. The third kappa shape index (κ3) is 2.13. The molecule has 6 heteroatoms. The molecular formula is C8H5Br2N3S. The Morgan fingerprint density at radius 2 is 1.79 bits per heavy atom. The normalized spacial score (nSPS) is 10.4. The number of nitrogens with two attached hydrogens (primary N) is 1. The van der Waals surface area contributed by atoms with Gasteiger partial charge in [0.25, 0.3) is 0 Å². The third-order valence-corrected chi connectivity index (χ3v) is 3.25. The molecule has 0 unspecified atom stereocenters. The van der Waals surface area contributed by atoms with E-state index in [1.807, 2.05) is 18.2 Å². The van der Waals surface area contributed by atoms with Crippen LogP contribution in [0.3, 0.4) is 0 Å². The van der Waals surface area contributed by atoms with Gasteiger partial charge in [-0.25, -0.2) is 0 Å². The molecule has 0 amide bonds. The molecule has 1 aromatic heterocycles. The maximum absolute atomic E-state index is 5.46. The van der Waals surface area contributed by atoms with Crippen molar-refractivity contribution in [3.8, 4) is 10.6 Å². The molecule has 2 N–H and O–H groups in total. The van der Waals surface area contributed by atoms with Crippen LogP contribution < -0.4 is 5.73 Å². The number of nitrogens with zero attached hydrogens (tertiary/aromatic N) is 2. The van der Waals surface area contributed by atoms with E-state index in [9.17, 15) is 0 Å². The van der Waals surface area contributed by atoms with E-state index in [1.54, 1.807) is 0 Å². The van der Waals surface area contributed by atoms with E-state index in [2.05, 4.69) is 41.2 Å². The molecule has 3 nitrogen and oxygen atoms in total. The van der Waals surface area contributed by atoms with Crippen molar-refractivity contribution in [1.82, 2.24) is 9.36 Å². The minimum absolute atomic E-state index is 0.320. The molecule has 0 radical (unpaired) electrons. The highest BCUT2D eigenvalue weighted by atomic mass is 79.9. The van der Waals surface area contributed by atoms with Crippen LogP contribution >= 0.6 is 43.4 Å². The molecular weight excluding hydrogens is 330 g/mol. The van der Waals surface area contributed by atoms with Crippen molar-refractivity contribution in [1.29, 1.82) is 0 Å². The molecule has 2 aromatic rings. The van der Waals surface area contributed by atoms with Gasteiger partial charge in [-0.2, -0.15) is 9.36 Å². The van der Waals surface area contributed by atoms with Crippen LogP contribution in [0.25, 0.3) is 10.6 Å². The fourth-order valence-electron chi connectivity index (χ4n) is 1.03. The Bertz CT molecular complexity index is 449. The van der Waals surface area contributed by atoms with E-state index >= 15 is 0 Å². The fourth-order valence-corrected chi connectivity index (χ4v) is 2.90. The van der Waals surface area contributed by atoms with E-state index in [0.29, 0.717) is 5.95 Å². The van der Waals surface area contributed by atoms with Crippen LogP contribution in [0.4, 0.5) is 5.95 Å². The minimum atomic E-state index is 0.320. The van der Waals surface area contributed by atoms with Gasteiger partial charge in [0.05, 0.1) is 0 Å². The number of hydrogen-bond acceptors (Lipinski definition) is 4. The Hall–Kier alpha value is -0.460. The number of halogens is 2. The van der Waals surface area contributed by atoms with Crippen LogP contribution in [0, 0.1) is 0 Å². The van der Waals surface area contributed by atoms with E-state index < -0.39 is 0 Å². The average molecular weight is 335 g/mol. The second-order valence-electron chi connectivity index (χ2n) is 2.62. The lowest BCUT2D eigenvalue weighted by molar-refractivity contribution is 1.34. The molecule has 0 atom stereocenters. The molecule has 1 aromatic carbocycles. The number of aromatic nitrogens is 2. The maximum Gasteiger partial charge on any atom is 0.232 e. The van der Waals surface area contributed by atoms with Crippen molar-refractivity contribution in [2.45, 2.75) is 0 Å². The van der Waals surface area contributed by atoms with Crippen LogP contribution in [0.5, 0.6) is 0 Å². The molecule has 2 rings (SSSR count). The summed E-state index contributed by atoms with van der Waals surface area (Å²) in [6.07, 6.45) is 0. The molecule has 0 bridgehead atoms. The van der Waals surface area contributed by atoms with Gasteiger partial charge < -0.3 is 5.73 Å². The fraction of sp³-hybridized carbons (Fsp3) is 0. The minimum Gasteiger partial charge on any atom is -0.367 e. The Balaban J connectivity index is 2.51. The van der Waals surface area contributed by atoms with E-state index in [4.69, 9.17) is 5.73 Å². The standard InChI is InChI=1S/C8H5Br2N3S/c9-5-1-4(2-6(10)3-5)7-12-8(11)13-14-7/h1-3H,(H2,11,13). The lowest BCUT2D eigenvalue weighted by Gasteiger charge is -1.98. The van der Waals surface area contributed by atoms with E-state index in [1.165, 1.54) is 11.5 Å². The van der Waals surface area contributed by atoms with Gasteiger partial charge in [0, 0.05) is 14.5 Å². The average Bonchev–Trinajstić information content (AvgIpc) is 2.50. The molecule has 0 saturated carbocycles. The van der Waals surface area contributed by atoms with Crippen molar-refractivity contribution in [3.63, 3.8) is 0 Å². The smallest absolute Gasteiger partial charge is 0.232 e. The first-order valence-electron chi connectivity index (χ1n) is 3.71. The molecule has 0 aliphatic rings. The van der Waals surface area contributed by atoms with Gasteiger partial charge in [-0.15, -0.1) is 0 Å². The maximum atomic E-state index is 5.46. The topological polar surface area (TPSA) is 51.8 Å². The number of hydrogen-bond donors (Lipinski definition) is 1. The zero-order valence-corrected chi connectivity index (χ0v) is 10.9. The van der Waals surface area contributed by atoms with Crippen molar-refractivity contribution in [2.75, 3.05) is 5.73 Å². The molecule has 14 heavy (non-hydrogen) atoms. The number of benzene rings is 1. The van der Waals surface area contributed by atoms with Crippen LogP contribution in [0.15, 0.2) is 27.1 Å². The zero-order chi connectivity index (χ0) is 10.1. The summed E-state index contributed by atoms with van der Waals surface area (Å²) >= 11 is 8.12. The Labute approximate surface area is 102 Å². The Morgan fingerprint density at radius 3 is 2.29 bits per heavy atom. The van der Waals surface area contributed by atoms with Gasteiger partial charge in [-0.05, 0) is 29.7 Å². The van der Waals surface area contributed by atoms with Crippen LogP contribution in [-0.4, -0.2) is 9.36 Å². The second kappa shape index (κ2) is 3.96. The molecule has 72 valence electrons. The molecule has 1 heterocycles. The first kappa shape index (κ1) is 10.1. The summed E-state index contributed by atoms with van der Waals surface area (Å²) in [6.45, 7) is 0. The SMILES string of the molecule is Nc1nsc(-c2cc(Br)cc(Br)c2)n1. The van der Waals surface area contributed by atoms with Crippen molar-refractivity contribution in [2.24, 2.45) is 0 Å². The molecule has 0 aliphatic carbocycles. The lowest BCUT2D eigenvalue weighted by atomic mass is 10.2. The molecule has 0 aliphatic heterocycles. The number of anilines is 1. The van der Waals surface area contributed by atoms with Crippen LogP contribution in [-0.2, 0) is 0 Å². The van der Waals surface area contributed by atoms with E-state index in [0.717, 1.165) is 19.5 Å². The molecule has 0 spiro atoms. The van der Waals surface area contributed by atoms with Gasteiger partial charge in [0.2, 0.25) is 5.95 Å². The summed E-state index contributed by atoms with van der Waals surface area (Å²) in [5.41, 5.74) is 6.46. The predicted octanol–water partition coefficient (Wildman–Crippen LogP) is 3.31.